The average Bonchev–Trinajstić information content (AvgIpc) is 3.45. The second kappa shape index (κ2) is 12.4. The monoisotopic (exact) mass is 667 g/mol. The Balaban J connectivity index is 0.000000644. The van der Waals surface area contributed by atoms with Crippen LogP contribution in [0, 0.1) is 11.3 Å². The van der Waals surface area contributed by atoms with Crippen LogP contribution in [-0.4, -0.2) is 41.9 Å². The number of aromatic nitrogens is 4. The summed E-state index contributed by atoms with van der Waals surface area (Å²) in [6.07, 6.45) is -11.2. The number of pyridine rings is 2. The maximum absolute atomic E-state index is 14.1. The number of carboxylic acid groups (broad SMARTS) is 1. The lowest BCUT2D eigenvalue weighted by molar-refractivity contribution is -0.192. The molecular formula is C30H18F9N5O3. The van der Waals surface area contributed by atoms with Gasteiger partial charge in [0, 0.05) is 29.8 Å². The fourth-order valence-corrected chi connectivity index (χ4v) is 4.64. The predicted molar refractivity (Wildman–Crippen MR) is 145 cm³/mol. The second-order valence-electron chi connectivity index (χ2n) is 9.75. The lowest BCUT2D eigenvalue weighted by atomic mass is 9.83. The third-order valence-electron chi connectivity index (χ3n) is 6.75. The minimum absolute atomic E-state index is 0.00678. The molecular weight excluding hydrogens is 649 g/mol. The number of alkyl halides is 9. The van der Waals surface area contributed by atoms with E-state index in [0.29, 0.717) is 6.07 Å². The van der Waals surface area contributed by atoms with Crippen molar-refractivity contribution in [1.29, 1.82) is 5.26 Å². The van der Waals surface area contributed by atoms with E-state index in [1.807, 2.05) is 6.07 Å². The summed E-state index contributed by atoms with van der Waals surface area (Å²) in [5, 5.41) is 29.3. The molecule has 0 aliphatic carbocycles. The van der Waals surface area contributed by atoms with Gasteiger partial charge in [-0.3, -0.25) is 4.98 Å². The molecule has 0 saturated heterocycles. The lowest BCUT2D eigenvalue weighted by Gasteiger charge is -2.30. The molecule has 0 amide bonds. The molecule has 5 aromatic rings. The van der Waals surface area contributed by atoms with E-state index in [0.717, 1.165) is 12.3 Å². The summed E-state index contributed by atoms with van der Waals surface area (Å²) >= 11 is 0. The molecule has 17 heteroatoms. The number of hydrogen-bond acceptors (Lipinski definition) is 6. The molecule has 8 nitrogen and oxygen atoms in total. The zero-order valence-electron chi connectivity index (χ0n) is 23.4. The first kappa shape index (κ1) is 34.4. The van der Waals surface area contributed by atoms with Gasteiger partial charge in [-0.1, -0.05) is 42.5 Å². The van der Waals surface area contributed by atoms with Gasteiger partial charge >= 0.3 is 24.5 Å². The molecule has 3 heterocycles. The van der Waals surface area contributed by atoms with Crippen molar-refractivity contribution in [2.45, 2.75) is 24.1 Å². The molecule has 244 valence electrons. The van der Waals surface area contributed by atoms with Crippen LogP contribution in [-0.2, 0) is 29.8 Å². The molecule has 1 unspecified atom stereocenters. The maximum atomic E-state index is 14.1. The molecule has 3 aromatic heterocycles. The van der Waals surface area contributed by atoms with Crippen LogP contribution in [0.2, 0.25) is 0 Å². The normalized spacial score (nSPS) is 13.3. The number of carboxylic acids is 1. The molecule has 5 rings (SSSR count). The van der Waals surface area contributed by atoms with Gasteiger partial charge in [0.25, 0.3) is 0 Å². The van der Waals surface area contributed by atoms with Crippen LogP contribution in [0.15, 0.2) is 79.4 Å². The van der Waals surface area contributed by atoms with E-state index in [4.69, 9.17) is 9.90 Å². The highest BCUT2D eigenvalue weighted by Gasteiger charge is 2.41. The Morgan fingerprint density at radius 3 is 1.96 bits per heavy atom. The number of carbonyl (C=O) groups is 1. The van der Waals surface area contributed by atoms with Gasteiger partial charge in [-0.2, -0.15) is 44.8 Å². The fourth-order valence-electron chi connectivity index (χ4n) is 4.64. The van der Waals surface area contributed by atoms with Crippen molar-refractivity contribution in [1.82, 2.24) is 19.5 Å². The van der Waals surface area contributed by atoms with Crippen molar-refractivity contribution in [3.63, 3.8) is 0 Å². The number of hydrogen-bond donors (Lipinski definition) is 2. The zero-order valence-corrected chi connectivity index (χ0v) is 23.4. The Hall–Kier alpha value is -5.50. The third kappa shape index (κ3) is 6.87. The predicted octanol–water partition coefficient (Wildman–Crippen LogP) is 6.86. The Morgan fingerprint density at radius 1 is 0.872 bits per heavy atom. The average molecular weight is 667 g/mol. The van der Waals surface area contributed by atoms with Crippen LogP contribution < -0.4 is 0 Å². The summed E-state index contributed by atoms with van der Waals surface area (Å²) in [4.78, 5) is 20.2. The quantitative estimate of drug-likeness (QED) is 0.201. The van der Waals surface area contributed by atoms with Crippen molar-refractivity contribution in [3.05, 3.63) is 113 Å². The van der Waals surface area contributed by atoms with E-state index in [1.54, 1.807) is 13.1 Å². The van der Waals surface area contributed by atoms with E-state index >= 15 is 0 Å². The van der Waals surface area contributed by atoms with Crippen LogP contribution in [0.3, 0.4) is 0 Å². The van der Waals surface area contributed by atoms with Crippen molar-refractivity contribution in [3.8, 4) is 17.2 Å². The molecule has 47 heavy (non-hydrogen) atoms. The zero-order chi connectivity index (χ0) is 34.9. The summed E-state index contributed by atoms with van der Waals surface area (Å²) in [5.74, 6) is -2.76. The molecule has 1 atom stereocenters. The van der Waals surface area contributed by atoms with E-state index in [-0.39, 0.29) is 38.9 Å². The first-order valence-corrected chi connectivity index (χ1v) is 12.8. The number of halogens is 9. The van der Waals surface area contributed by atoms with Crippen LogP contribution in [0.1, 0.15) is 33.8 Å². The van der Waals surface area contributed by atoms with Crippen molar-refractivity contribution in [2.75, 3.05) is 0 Å². The number of nitriles is 1. The maximum Gasteiger partial charge on any atom is 0.490 e. The number of nitrogens with zero attached hydrogens (tertiary/aromatic N) is 5. The van der Waals surface area contributed by atoms with Gasteiger partial charge in [0.1, 0.15) is 11.8 Å². The standard InChI is InChI=1S/C28H17F6N5O.C2HF3O2/c1-39-15-36-14-23(39)26(40,18-8-10-22(37-13-18)27(29,30)31)17-7-9-21-19(11-17)20(12-35)24(16-5-3-2-4-6-16)25(38-21)28(32,33)34;3-2(4,5)1(6)7/h2-11,13-15,40H,1H3;(H,6,7). The lowest BCUT2D eigenvalue weighted by Crippen LogP contribution is -2.31. The molecule has 2 N–H and O–H groups in total. The fraction of sp³-hybridized carbons (Fsp3) is 0.167. The molecule has 0 saturated carbocycles. The summed E-state index contributed by atoms with van der Waals surface area (Å²) in [6, 6.07) is 14.9. The van der Waals surface area contributed by atoms with Gasteiger partial charge in [0.2, 0.25) is 0 Å². The van der Waals surface area contributed by atoms with Gasteiger partial charge in [-0.25, -0.2) is 14.8 Å². The Morgan fingerprint density at radius 2 is 1.49 bits per heavy atom. The molecule has 2 aromatic carbocycles. The highest BCUT2D eigenvalue weighted by Crippen LogP contribution is 2.43. The van der Waals surface area contributed by atoms with Crippen LogP contribution >= 0.6 is 0 Å². The van der Waals surface area contributed by atoms with Gasteiger partial charge < -0.3 is 14.8 Å². The van der Waals surface area contributed by atoms with Gasteiger partial charge in [-0.15, -0.1) is 0 Å². The van der Waals surface area contributed by atoms with Crippen LogP contribution in [0.4, 0.5) is 39.5 Å². The molecule has 0 aliphatic rings. The SMILES string of the molecule is Cn1cncc1C(O)(c1ccc(C(F)(F)F)nc1)c1ccc2nc(C(F)(F)F)c(-c3ccccc3)c(C#N)c2c1.O=C(O)C(F)(F)F. The largest absolute Gasteiger partial charge is 0.490 e. The summed E-state index contributed by atoms with van der Waals surface area (Å²) in [5.41, 5.74) is -5.27. The Labute approximate surface area is 258 Å². The summed E-state index contributed by atoms with van der Waals surface area (Å²) < 4.78 is 115. The molecule has 0 fully saturated rings. The Bertz CT molecular complexity index is 1960. The number of benzene rings is 2. The summed E-state index contributed by atoms with van der Waals surface area (Å²) in [6.45, 7) is 0. The van der Waals surface area contributed by atoms with Crippen LogP contribution in [0.25, 0.3) is 22.0 Å². The minimum atomic E-state index is -5.08. The smallest absolute Gasteiger partial charge is 0.475 e. The number of aliphatic carboxylic acids is 1. The minimum Gasteiger partial charge on any atom is -0.475 e. The summed E-state index contributed by atoms with van der Waals surface area (Å²) in [7, 11) is 1.55. The molecule has 0 spiro atoms. The first-order chi connectivity index (χ1) is 21.8. The van der Waals surface area contributed by atoms with Gasteiger partial charge in [0.05, 0.1) is 29.3 Å². The van der Waals surface area contributed by atoms with E-state index in [2.05, 4.69) is 15.0 Å². The highest BCUT2D eigenvalue weighted by atomic mass is 19.4. The Kier molecular flexibility index (Phi) is 9.04. The van der Waals surface area contributed by atoms with Gasteiger partial charge in [-0.05, 0) is 29.3 Å². The number of aryl methyl sites for hydroxylation is 1. The van der Waals surface area contributed by atoms with Crippen molar-refractivity contribution < 1.29 is 54.5 Å². The van der Waals surface area contributed by atoms with E-state index < -0.39 is 47.1 Å². The first-order valence-electron chi connectivity index (χ1n) is 12.8. The number of aliphatic hydroxyl groups is 1. The highest BCUT2D eigenvalue weighted by molar-refractivity contribution is 5.93. The van der Waals surface area contributed by atoms with Crippen LogP contribution in [0.5, 0.6) is 0 Å². The van der Waals surface area contributed by atoms with Crippen molar-refractivity contribution >= 4 is 16.9 Å². The number of rotatable bonds is 4. The van der Waals surface area contributed by atoms with Crippen molar-refractivity contribution in [2.24, 2.45) is 7.05 Å². The number of imidazole rings is 1. The van der Waals surface area contributed by atoms with Gasteiger partial charge in [0.15, 0.2) is 11.3 Å². The molecule has 0 radical (unpaired) electrons. The number of fused-ring (bicyclic) bond motifs is 1. The molecule has 0 aliphatic heterocycles. The van der Waals surface area contributed by atoms with E-state index in [9.17, 15) is 49.9 Å². The molecule has 0 bridgehead atoms. The van der Waals surface area contributed by atoms with E-state index in [1.165, 1.54) is 59.6 Å². The topological polar surface area (TPSA) is 125 Å². The second-order valence-corrected chi connectivity index (χ2v) is 9.75. The third-order valence-corrected chi connectivity index (χ3v) is 6.75.